The standard InChI is InChI=1S/C19H9Cl2FN2O5/c20-10-6-4-9(5-7-10)19(14-11(21)2-1-3-12(14)22)17(29-19)24-8-13-23-18(24)28-16(26)15(25)27-13/h1-8,17H. The van der Waals surface area contributed by atoms with Crippen molar-refractivity contribution in [1.82, 2.24) is 9.55 Å². The number of carbonyl (C=O) groups is 2. The zero-order valence-electron chi connectivity index (χ0n) is 14.3. The number of hydrogen-bond acceptors (Lipinski definition) is 6. The first kappa shape index (κ1) is 18.1. The van der Waals surface area contributed by atoms with Crippen LogP contribution in [0.3, 0.4) is 0 Å². The molecule has 5 rings (SSSR count). The first-order valence-electron chi connectivity index (χ1n) is 8.31. The Morgan fingerprint density at radius 1 is 1.03 bits per heavy atom. The van der Waals surface area contributed by atoms with Crippen LogP contribution in [0.15, 0.2) is 48.7 Å². The van der Waals surface area contributed by atoms with E-state index in [1.165, 1.54) is 22.9 Å². The van der Waals surface area contributed by atoms with Crippen LogP contribution in [0.25, 0.3) is 0 Å². The molecule has 0 N–H and O–H groups in total. The number of carbonyl (C=O) groups excluding carboxylic acids is 2. The lowest BCUT2D eigenvalue weighted by molar-refractivity contribution is -0.156. The molecule has 0 radical (unpaired) electrons. The van der Waals surface area contributed by atoms with Crippen LogP contribution in [0, 0.1) is 5.82 Å². The molecule has 2 aromatic carbocycles. The maximum Gasteiger partial charge on any atom is 0.425 e. The van der Waals surface area contributed by atoms with Gasteiger partial charge in [-0.15, -0.1) is 0 Å². The van der Waals surface area contributed by atoms with Gasteiger partial charge in [0.25, 0.3) is 0 Å². The molecule has 29 heavy (non-hydrogen) atoms. The summed E-state index contributed by atoms with van der Waals surface area (Å²) in [7, 11) is 0. The van der Waals surface area contributed by atoms with Crippen LogP contribution in [0.5, 0.6) is 11.9 Å². The largest absolute Gasteiger partial charge is 0.425 e. The summed E-state index contributed by atoms with van der Waals surface area (Å²) in [5, 5.41) is 0.640. The zero-order valence-corrected chi connectivity index (χ0v) is 15.8. The molecule has 3 aromatic rings. The van der Waals surface area contributed by atoms with Crippen molar-refractivity contribution >= 4 is 35.1 Å². The van der Waals surface area contributed by atoms with E-state index in [4.69, 9.17) is 37.4 Å². The predicted octanol–water partition coefficient (Wildman–Crippen LogP) is 3.63. The number of halogens is 3. The van der Waals surface area contributed by atoms with Gasteiger partial charge in [0.1, 0.15) is 5.82 Å². The minimum atomic E-state index is -1.34. The van der Waals surface area contributed by atoms with Crippen LogP contribution >= 0.6 is 23.2 Å². The number of imidazole rings is 1. The van der Waals surface area contributed by atoms with E-state index in [1.807, 2.05) is 0 Å². The van der Waals surface area contributed by atoms with Crippen molar-refractivity contribution in [3.05, 3.63) is 75.7 Å². The van der Waals surface area contributed by atoms with Crippen LogP contribution in [0.4, 0.5) is 4.39 Å². The molecular formula is C19H9Cl2FN2O5. The Balaban J connectivity index is 1.67. The Kier molecular flexibility index (Phi) is 3.92. The Bertz CT molecular complexity index is 1160. The van der Waals surface area contributed by atoms with Crippen molar-refractivity contribution < 1.29 is 28.2 Å². The van der Waals surface area contributed by atoms with Gasteiger partial charge in [-0.2, -0.15) is 4.98 Å². The SMILES string of the molecule is O=C1Oc2cn(C3OC3(c3ccc(Cl)cc3)c3c(F)cccc3Cl)c(n2)OC1=O. The summed E-state index contributed by atoms with van der Waals surface area (Å²) in [5.41, 5.74) is -0.661. The molecule has 0 amide bonds. The highest BCUT2D eigenvalue weighted by molar-refractivity contribution is 6.32. The highest BCUT2D eigenvalue weighted by atomic mass is 35.5. The highest BCUT2D eigenvalue weighted by Crippen LogP contribution is 2.61. The fourth-order valence-electron chi connectivity index (χ4n) is 3.39. The maximum absolute atomic E-state index is 14.8. The molecule has 2 atom stereocenters. The maximum atomic E-state index is 14.8. The van der Waals surface area contributed by atoms with E-state index in [-0.39, 0.29) is 22.5 Å². The Hall–Kier alpha value is -2.94. The Morgan fingerprint density at radius 2 is 1.76 bits per heavy atom. The van der Waals surface area contributed by atoms with Gasteiger partial charge in [-0.05, 0) is 29.8 Å². The van der Waals surface area contributed by atoms with Gasteiger partial charge in [0, 0.05) is 10.6 Å². The van der Waals surface area contributed by atoms with E-state index in [0.29, 0.717) is 10.6 Å². The van der Waals surface area contributed by atoms with Crippen LogP contribution in [-0.4, -0.2) is 21.5 Å². The van der Waals surface area contributed by atoms with E-state index in [2.05, 4.69) is 4.98 Å². The second-order valence-electron chi connectivity index (χ2n) is 6.36. The molecule has 0 aliphatic carbocycles. The monoisotopic (exact) mass is 434 g/mol. The third kappa shape index (κ3) is 2.71. The lowest BCUT2D eigenvalue weighted by Gasteiger charge is -2.17. The summed E-state index contributed by atoms with van der Waals surface area (Å²) < 4.78 is 31.9. The summed E-state index contributed by atoms with van der Waals surface area (Å²) in [6.45, 7) is 0. The number of aromatic nitrogens is 2. The molecule has 146 valence electrons. The number of esters is 2. The molecule has 2 unspecified atom stereocenters. The third-order valence-corrected chi connectivity index (χ3v) is 5.24. The molecule has 7 nitrogen and oxygen atoms in total. The van der Waals surface area contributed by atoms with E-state index < -0.39 is 29.6 Å². The first-order chi connectivity index (χ1) is 13.9. The summed E-state index contributed by atoms with van der Waals surface area (Å²) in [6.07, 6.45) is 0.454. The molecule has 0 saturated carbocycles. The second-order valence-corrected chi connectivity index (χ2v) is 7.20. The average molecular weight is 435 g/mol. The number of hydrogen-bond donors (Lipinski definition) is 0. The fourth-order valence-corrected chi connectivity index (χ4v) is 3.82. The van der Waals surface area contributed by atoms with Crippen LogP contribution in [0.2, 0.25) is 10.0 Å². The van der Waals surface area contributed by atoms with Gasteiger partial charge in [-0.3, -0.25) is 4.57 Å². The van der Waals surface area contributed by atoms with Crippen molar-refractivity contribution in [3.63, 3.8) is 0 Å². The molecule has 10 heteroatoms. The lowest BCUT2D eigenvalue weighted by atomic mass is 9.89. The topological polar surface area (TPSA) is 82.9 Å². The zero-order chi connectivity index (χ0) is 20.3. The van der Waals surface area contributed by atoms with Crippen molar-refractivity contribution in [2.75, 3.05) is 0 Å². The summed E-state index contributed by atoms with van der Waals surface area (Å²) >= 11 is 12.3. The smallest absolute Gasteiger partial charge is 0.397 e. The molecular weight excluding hydrogens is 426 g/mol. The van der Waals surface area contributed by atoms with Gasteiger partial charge >= 0.3 is 17.9 Å². The summed E-state index contributed by atoms with van der Waals surface area (Å²) in [6, 6.07) is 10.7. The average Bonchev–Trinajstić information content (AvgIpc) is 3.31. The van der Waals surface area contributed by atoms with E-state index >= 15 is 0 Å². The van der Waals surface area contributed by atoms with Crippen molar-refractivity contribution in [2.24, 2.45) is 0 Å². The molecule has 0 spiro atoms. The van der Waals surface area contributed by atoms with Gasteiger partial charge in [-0.25, -0.2) is 14.0 Å². The van der Waals surface area contributed by atoms with Crippen molar-refractivity contribution in [2.45, 2.75) is 11.8 Å². The fraction of sp³-hybridized carbons (Fsp3) is 0.105. The lowest BCUT2D eigenvalue weighted by Crippen LogP contribution is -2.26. The Labute approximate surface area is 172 Å². The number of epoxide rings is 1. The van der Waals surface area contributed by atoms with Crippen LogP contribution < -0.4 is 9.47 Å². The van der Waals surface area contributed by atoms with Crippen LogP contribution in [-0.2, 0) is 19.9 Å². The predicted molar refractivity (Wildman–Crippen MR) is 97.3 cm³/mol. The number of fused-ring (bicyclic) bond motifs is 2. The number of rotatable bonds is 3. The van der Waals surface area contributed by atoms with Gasteiger partial charge in [0.15, 0.2) is 11.8 Å². The minimum Gasteiger partial charge on any atom is -0.397 e. The highest BCUT2D eigenvalue weighted by Gasteiger charge is 2.63. The van der Waals surface area contributed by atoms with Gasteiger partial charge in [-0.1, -0.05) is 41.4 Å². The molecule has 3 heterocycles. The van der Waals surface area contributed by atoms with E-state index in [9.17, 15) is 14.0 Å². The van der Waals surface area contributed by atoms with Gasteiger partial charge < -0.3 is 14.2 Å². The minimum absolute atomic E-state index is 0.107. The Morgan fingerprint density at radius 3 is 2.48 bits per heavy atom. The van der Waals surface area contributed by atoms with Gasteiger partial charge in [0.05, 0.1) is 11.2 Å². The van der Waals surface area contributed by atoms with E-state index in [1.54, 1.807) is 30.3 Å². The second kappa shape index (κ2) is 6.28. The molecule has 1 aromatic heterocycles. The summed E-state index contributed by atoms with van der Waals surface area (Å²) in [5.74, 6) is -3.13. The molecule has 2 aliphatic heterocycles. The third-order valence-electron chi connectivity index (χ3n) is 4.67. The number of nitrogens with zero attached hydrogens (tertiary/aromatic N) is 2. The van der Waals surface area contributed by atoms with Crippen molar-refractivity contribution in [1.29, 1.82) is 0 Å². The normalized spacial score (nSPS) is 22.7. The summed E-state index contributed by atoms with van der Waals surface area (Å²) in [4.78, 5) is 27.1. The first-order valence-corrected chi connectivity index (χ1v) is 9.07. The quantitative estimate of drug-likeness (QED) is 0.355. The van der Waals surface area contributed by atoms with Crippen molar-refractivity contribution in [3.8, 4) is 11.9 Å². The number of benzene rings is 2. The molecule has 2 bridgehead atoms. The molecule has 2 aliphatic rings. The van der Waals surface area contributed by atoms with Crippen LogP contribution in [0.1, 0.15) is 17.4 Å². The van der Waals surface area contributed by atoms with E-state index in [0.717, 1.165) is 0 Å². The number of ether oxygens (including phenoxy) is 3. The van der Waals surface area contributed by atoms with Gasteiger partial charge in [0.2, 0.25) is 5.88 Å². The molecule has 1 fully saturated rings. The molecule has 1 saturated heterocycles.